The van der Waals surface area contributed by atoms with Crippen LogP contribution >= 0.6 is 11.3 Å². The number of carbonyl (C=O) groups excluding carboxylic acids is 1. The zero-order chi connectivity index (χ0) is 19.2. The number of methoxy groups -OCH3 is 3. The second-order valence-electron chi connectivity index (χ2n) is 5.73. The molecule has 140 valence electrons. The first-order valence-electron chi connectivity index (χ1n) is 8.38. The highest BCUT2D eigenvalue weighted by molar-refractivity contribution is 7.15. The summed E-state index contributed by atoms with van der Waals surface area (Å²) in [4.78, 5) is 14.8. The zero-order valence-electron chi connectivity index (χ0n) is 15.4. The van der Waals surface area contributed by atoms with Gasteiger partial charge in [0, 0.05) is 15.3 Å². The van der Waals surface area contributed by atoms with Gasteiger partial charge >= 0.3 is 0 Å². The fourth-order valence-corrected chi connectivity index (χ4v) is 3.67. The molecule has 0 aliphatic carbocycles. The van der Waals surface area contributed by atoms with Crippen LogP contribution in [0.4, 0.5) is 0 Å². The largest absolute Gasteiger partial charge is 0.493 e. The molecule has 0 saturated heterocycles. The average Bonchev–Trinajstić information content (AvgIpc) is 3.20. The summed E-state index contributed by atoms with van der Waals surface area (Å²) < 4.78 is 15.9. The van der Waals surface area contributed by atoms with Crippen molar-refractivity contribution in [2.75, 3.05) is 21.3 Å². The Bertz CT molecular complexity index is 896. The fraction of sp³-hybridized carbons (Fsp3) is 0.190. The van der Waals surface area contributed by atoms with Gasteiger partial charge in [0.05, 0.1) is 27.9 Å². The predicted molar refractivity (Wildman–Crippen MR) is 107 cm³/mol. The smallest absolute Gasteiger partial charge is 0.251 e. The summed E-state index contributed by atoms with van der Waals surface area (Å²) in [5, 5.41) is 2.94. The second-order valence-corrected chi connectivity index (χ2v) is 6.90. The van der Waals surface area contributed by atoms with E-state index >= 15 is 0 Å². The fourth-order valence-electron chi connectivity index (χ4n) is 2.71. The lowest BCUT2D eigenvalue weighted by Gasteiger charge is -2.14. The topological polar surface area (TPSA) is 56.8 Å². The minimum atomic E-state index is -0.205. The van der Waals surface area contributed by atoms with Crippen LogP contribution in [0.5, 0.6) is 17.2 Å². The summed E-state index contributed by atoms with van der Waals surface area (Å²) in [6.07, 6.45) is 0. The van der Waals surface area contributed by atoms with Gasteiger partial charge in [-0.1, -0.05) is 30.3 Å². The monoisotopic (exact) mass is 383 g/mol. The third kappa shape index (κ3) is 4.23. The Morgan fingerprint density at radius 1 is 0.926 bits per heavy atom. The lowest BCUT2D eigenvalue weighted by Crippen LogP contribution is -2.22. The van der Waals surface area contributed by atoms with E-state index in [9.17, 15) is 4.79 Å². The number of hydrogen-bond donors (Lipinski definition) is 1. The van der Waals surface area contributed by atoms with Gasteiger partial charge in [-0.2, -0.15) is 0 Å². The zero-order valence-corrected chi connectivity index (χ0v) is 16.3. The van der Waals surface area contributed by atoms with E-state index in [1.807, 2.05) is 24.3 Å². The van der Waals surface area contributed by atoms with Crippen molar-refractivity contribution in [1.82, 2.24) is 5.32 Å². The van der Waals surface area contributed by atoms with Gasteiger partial charge in [0.1, 0.15) is 0 Å². The van der Waals surface area contributed by atoms with Crippen molar-refractivity contribution in [3.63, 3.8) is 0 Å². The van der Waals surface area contributed by atoms with Crippen LogP contribution in [0, 0.1) is 0 Å². The Morgan fingerprint density at radius 3 is 2.19 bits per heavy atom. The molecule has 0 aliphatic rings. The van der Waals surface area contributed by atoms with E-state index in [1.165, 1.54) is 31.8 Å². The van der Waals surface area contributed by atoms with Crippen LogP contribution in [0.25, 0.3) is 10.4 Å². The quantitative estimate of drug-likeness (QED) is 0.658. The van der Waals surface area contributed by atoms with Gasteiger partial charge in [0.25, 0.3) is 5.91 Å². The maximum absolute atomic E-state index is 12.6. The molecule has 0 unspecified atom stereocenters. The van der Waals surface area contributed by atoms with Crippen molar-refractivity contribution < 1.29 is 19.0 Å². The van der Waals surface area contributed by atoms with Crippen molar-refractivity contribution in [3.8, 4) is 27.7 Å². The van der Waals surface area contributed by atoms with Crippen molar-refractivity contribution in [2.24, 2.45) is 0 Å². The first kappa shape index (κ1) is 18.8. The normalized spacial score (nSPS) is 10.3. The Hall–Kier alpha value is -2.99. The molecule has 5 nitrogen and oxygen atoms in total. The minimum Gasteiger partial charge on any atom is -0.493 e. The molecule has 3 aromatic rings. The van der Waals surface area contributed by atoms with E-state index < -0.39 is 0 Å². The first-order valence-corrected chi connectivity index (χ1v) is 9.20. The number of hydrogen-bond acceptors (Lipinski definition) is 5. The summed E-state index contributed by atoms with van der Waals surface area (Å²) >= 11 is 1.66. The average molecular weight is 383 g/mol. The van der Waals surface area contributed by atoms with E-state index in [0.29, 0.717) is 29.4 Å². The highest BCUT2D eigenvalue weighted by Crippen LogP contribution is 2.38. The van der Waals surface area contributed by atoms with E-state index in [2.05, 4.69) is 23.5 Å². The van der Waals surface area contributed by atoms with Gasteiger partial charge in [-0.25, -0.2) is 0 Å². The molecule has 2 aromatic carbocycles. The molecule has 1 heterocycles. The predicted octanol–water partition coefficient (Wildman–Crippen LogP) is 4.37. The maximum atomic E-state index is 12.6. The summed E-state index contributed by atoms with van der Waals surface area (Å²) in [6.45, 7) is 0.451. The SMILES string of the molecule is COc1cc(C(=O)NCc2ccc(-c3ccccc3)s2)cc(OC)c1OC. The molecule has 1 amide bonds. The standard InChI is InChI=1S/C21H21NO4S/c1-24-17-11-15(12-18(25-2)20(17)26-3)21(23)22-13-16-9-10-19(27-16)14-7-5-4-6-8-14/h4-12H,13H2,1-3H3,(H,22,23). The van der Waals surface area contributed by atoms with Crippen LogP contribution in [0.2, 0.25) is 0 Å². The number of nitrogens with one attached hydrogen (secondary N) is 1. The summed E-state index contributed by atoms with van der Waals surface area (Å²) in [6, 6.07) is 17.6. The van der Waals surface area contributed by atoms with Gasteiger partial charge in [-0.05, 0) is 29.8 Å². The van der Waals surface area contributed by atoms with Crippen LogP contribution in [0.1, 0.15) is 15.2 Å². The third-order valence-electron chi connectivity index (χ3n) is 4.07. The second kappa shape index (κ2) is 8.60. The minimum absolute atomic E-state index is 0.205. The van der Waals surface area contributed by atoms with Gasteiger partial charge in [0.15, 0.2) is 11.5 Å². The Labute approximate surface area is 162 Å². The van der Waals surface area contributed by atoms with Crippen molar-refractivity contribution in [3.05, 3.63) is 65.0 Å². The van der Waals surface area contributed by atoms with Gasteiger partial charge in [0.2, 0.25) is 5.75 Å². The molecule has 0 bridgehead atoms. The number of ether oxygens (including phenoxy) is 3. The van der Waals surface area contributed by atoms with Crippen molar-refractivity contribution in [1.29, 1.82) is 0 Å². The third-order valence-corrected chi connectivity index (χ3v) is 5.20. The van der Waals surface area contributed by atoms with Crippen molar-refractivity contribution >= 4 is 17.2 Å². The molecule has 6 heteroatoms. The molecule has 27 heavy (non-hydrogen) atoms. The maximum Gasteiger partial charge on any atom is 0.251 e. The van der Waals surface area contributed by atoms with Crippen LogP contribution in [-0.2, 0) is 6.54 Å². The number of carbonyl (C=O) groups is 1. The molecule has 1 N–H and O–H groups in total. The molecular formula is C21H21NO4S. The van der Waals surface area contributed by atoms with Gasteiger partial charge in [-0.3, -0.25) is 4.79 Å². The van der Waals surface area contributed by atoms with E-state index in [1.54, 1.807) is 23.5 Å². The Morgan fingerprint density at radius 2 is 1.59 bits per heavy atom. The van der Waals surface area contributed by atoms with Gasteiger partial charge in [-0.15, -0.1) is 11.3 Å². The molecule has 3 rings (SSSR count). The first-order chi connectivity index (χ1) is 13.2. The number of thiophene rings is 1. The van der Waals surface area contributed by atoms with Crippen LogP contribution < -0.4 is 19.5 Å². The van der Waals surface area contributed by atoms with Crippen LogP contribution in [0.3, 0.4) is 0 Å². The molecule has 0 aliphatic heterocycles. The van der Waals surface area contributed by atoms with E-state index in [4.69, 9.17) is 14.2 Å². The molecule has 0 atom stereocenters. The molecule has 1 aromatic heterocycles. The van der Waals surface area contributed by atoms with Crippen LogP contribution in [0.15, 0.2) is 54.6 Å². The lowest BCUT2D eigenvalue weighted by molar-refractivity contribution is 0.0950. The van der Waals surface area contributed by atoms with Gasteiger partial charge < -0.3 is 19.5 Å². The number of benzene rings is 2. The highest BCUT2D eigenvalue weighted by atomic mass is 32.1. The van der Waals surface area contributed by atoms with E-state index in [0.717, 1.165) is 4.88 Å². The van der Waals surface area contributed by atoms with Crippen molar-refractivity contribution in [2.45, 2.75) is 6.54 Å². The molecule has 0 fully saturated rings. The molecule has 0 saturated carbocycles. The summed E-state index contributed by atoms with van der Waals surface area (Å²) in [5.74, 6) is 1.15. The molecule has 0 radical (unpaired) electrons. The molecule has 0 spiro atoms. The van der Waals surface area contributed by atoms with E-state index in [-0.39, 0.29) is 5.91 Å². The summed E-state index contributed by atoms with van der Waals surface area (Å²) in [5.41, 5.74) is 1.62. The van der Waals surface area contributed by atoms with Crippen LogP contribution in [-0.4, -0.2) is 27.2 Å². The molecular weight excluding hydrogens is 362 g/mol. The lowest BCUT2D eigenvalue weighted by atomic mass is 10.1. The highest BCUT2D eigenvalue weighted by Gasteiger charge is 2.17. The Balaban J connectivity index is 1.72. The number of rotatable bonds is 7. The Kier molecular flexibility index (Phi) is 5.98. The number of amides is 1. The summed E-state index contributed by atoms with van der Waals surface area (Å²) in [7, 11) is 4.58.